The second kappa shape index (κ2) is 7.85. The summed E-state index contributed by atoms with van der Waals surface area (Å²) in [5.41, 5.74) is 2.71. The fourth-order valence-corrected chi connectivity index (χ4v) is 3.63. The highest BCUT2D eigenvalue weighted by Gasteiger charge is 2.24. The number of hydrogen-bond donors (Lipinski definition) is 1. The number of benzene rings is 2. The minimum absolute atomic E-state index is 0.719. The van der Waals surface area contributed by atoms with Crippen LogP contribution in [0.3, 0.4) is 0 Å². The number of nitrogens with one attached hydrogen (secondary N) is 1. The van der Waals surface area contributed by atoms with Crippen LogP contribution in [0, 0.1) is 0 Å². The number of piperazine rings is 1. The molecule has 3 heteroatoms. The van der Waals surface area contributed by atoms with Crippen molar-refractivity contribution in [3.8, 4) is 0 Å². The van der Waals surface area contributed by atoms with E-state index in [4.69, 9.17) is 11.6 Å². The number of anilines is 1. The second-order valence-electron chi connectivity index (χ2n) is 6.55. The summed E-state index contributed by atoms with van der Waals surface area (Å²) in [6.45, 7) is 7.05. The van der Waals surface area contributed by atoms with E-state index in [9.17, 15) is 0 Å². The Hall–Kier alpha value is -1.51. The maximum Gasteiger partial charge on any atom is 0.0951 e. The van der Waals surface area contributed by atoms with Crippen LogP contribution in [0.15, 0.2) is 54.6 Å². The van der Waals surface area contributed by atoms with Crippen molar-refractivity contribution in [1.82, 2.24) is 0 Å². The first-order chi connectivity index (χ1) is 11.2. The van der Waals surface area contributed by atoms with Crippen molar-refractivity contribution < 1.29 is 4.90 Å². The summed E-state index contributed by atoms with van der Waals surface area (Å²) < 4.78 is 0. The number of halogens is 1. The lowest BCUT2D eigenvalue weighted by Gasteiger charge is -2.36. The van der Waals surface area contributed by atoms with Gasteiger partial charge in [-0.3, -0.25) is 0 Å². The smallest absolute Gasteiger partial charge is 0.0951 e. The highest BCUT2D eigenvalue weighted by atomic mass is 35.5. The average molecular weight is 330 g/mol. The molecule has 2 nitrogen and oxygen atoms in total. The molecule has 0 aliphatic carbocycles. The molecule has 1 aliphatic rings. The van der Waals surface area contributed by atoms with Gasteiger partial charge in [-0.1, -0.05) is 48.0 Å². The van der Waals surface area contributed by atoms with Crippen LogP contribution in [0.4, 0.5) is 5.69 Å². The predicted molar refractivity (Wildman–Crippen MR) is 98.6 cm³/mol. The summed E-state index contributed by atoms with van der Waals surface area (Å²) in [6, 6.07) is 19.8. The van der Waals surface area contributed by atoms with Crippen LogP contribution in [0.2, 0.25) is 5.02 Å². The van der Waals surface area contributed by atoms with Crippen LogP contribution in [0.1, 0.15) is 18.9 Å². The van der Waals surface area contributed by atoms with Crippen LogP contribution >= 0.6 is 11.6 Å². The predicted octanol–water partition coefficient (Wildman–Crippen LogP) is 3.07. The van der Waals surface area contributed by atoms with E-state index in [-0.39, 0.29) is 0 Å². The molecule has 0 unspecified atom stereocenters. The highest BCUT2D eigenvalue weighted by molar-refractivity contribution is 6.30. The van der Waals surface area contributed by atoms with Gasteiger partial charge in [0.05, 0.1) is 32.2 Å². The lowest BCUT2D eigenvalue weighted by molar-refractivity contribution is -0.924. The summed E-state index contributed by atoms with van der Waals surface area (Å²) >= 11 is 6.11. The molecule has 0 spiro atoms. The molecule has 0 radical (unpaired) electrons. The largest absolute Gasteiger partial charge is 0.360 e. The molecule has 2 aromatic rings. The number of hydrogen-bond acceptors (Lipinski definition) is 1. The van der Waals surface area contributed by atoms with Gasteiger partial charge in [0.1, 0.15) is 0 Å². The van der Waals surface area contributed by atoms with Gasteiger partial charge in [0.2, 0.25) is 0 Å². The fraction of sp³-hybridized carbons (Fsp3) is 0.400. The Morgan fingerprint density at radius 2 is 1.78 bits per heavy atom. The molecule has 3 rings (SSSR count). The lowest BCUT2D eigenvalue weighted by Crippen LogP contribution is -3.18. The van der Waals surface area contributed by atoms with Crippen LogP contribution in [-0.4, -0.2) is 32.2 Å². The Morgan fingerprint density at radius 1 is 1.04 bits per heavy atom. The molecule has 1 aliphatic heterocycles. The summed E-state index contributed by atoms with van der Waals surface area (Å²) in [5.74, 6) is 0. The monoisotopic (exact) mass is 329 g/mol. The zero-order valence-corrected chi connectivity index (χ0v) is 14.6. The average Bonchev–Trinajstić information content (AvgIpc) is 2.61. The Morgan fingerprint density at radius 3 is 2.48 bits per heavy atom. The van der Waals surface area contributed by atoms with Crippen LogP contribution in [0.25, 0.3) is 0 Å². The van der Waals surface area contributed by atoms with Crippen molar-refractivity contribution in [2.45, 2.75) is 25.8 Å². The van der Waals surface area contributed by atoms with Crippen molar-refractivity contribution >= 4 is 17.3 Å². The standard InChI is InChI=1S/C20H25ClN2/c1-17(10-11-18-6-3-2-4-7-18)22-12-14-23(15-13-22)20-9-5-8-19(21)16-20/h2-9,16-17H,10-15H2,1H3/p+1/t17-/m0/s1. The van der Waals surface area contributed by atoms with Crippen LogP contribution in [0.5, 0.6) is 0 Å². The molecule has 1 saturated heterocycles. The first kappa shape index (κ1) is 16.4. The molecule has 0 aromatic heterocycles. The minimum Gasteiger partial charge on any atom is -0.360 e. The molecule has 0 amide bonds. The number of quaternary nitrogens is 1. The Labute approximate surface area is 144 Å². The molecular formula is C20H26ClN2+. The maximum atomic E-state index is 6.11. The molecule has 1 N–H and O–H groups in total. The van der Waals surface area contributed by atoms with Gasteiger partial charge in [-0.15, -0.1) is 0 Å². The van der Waals surface area contributed by atoms with Gasteiger partial charge >= 0.3 is 0 Å². The van der Waals surface area contributed by atoms with E-state index in [0.29, 0.717) is 0 Å². The molecule has 1 fully saturated rings. The SMILES string of the molecule is C[C@@H](CCc1ccccc1)[NH+]1CCN(c2cccc(Cl)c2)CC1. The minimum atomic E-state index is 0.719. The van der Waals surface area contributed by atoms with E-state index in [2.05, 4.69) is 54.3 Å². The fourth-order valence-electron chi connectivity index (χ4n) is 3.45. The van der Waals surface area contributed by atoms with E-state index in [1.54, 1.807) is 4.90 Å². The summed E-state index contributed by atoms with van der Waals surface area (Å²) in [4.78, 5) is 4.19. The van der Waals surface area contributed by atoms with Gasteiger partial charge in [-0.25, -0.2) is 0 Å². The third-order valence-electron chi connectivity index (χ3n) is 4.98. The zero-order chi connectivity index (χ0) is 16.1. The quantitative estimate of drug-likeness (QED) is 0.886. The van der Waals surface area contributed by atoms with Gasteiger partial charge in [0.25, 0.3) is 0 Å². The Balaban J connectivity index is 1.48. The van der Waals surface area contributed by atoms with E-state index < -0.39 is 0 Å². The second-order valence-corrected chi connectivity index (χ2v) is 6.99. The molecule has 2 aromatic carbocycles. The third-order valence-corrected chi connectivity index (χ3v) is 5.22. The molecule has 0 bridgehead atoms. The molecular weight excluding hydrogens is 304 g/mol. The molecule has 1 atom stereocenters. The van der Waals surface area contributed by atoms with Gasteiger partial charge in [0, 0.05) is 17.1 Å². The summed E-state index contributed by atoms with van der Waals surface area (Å²) in [7, 11) is 0. The van der Waals surface area contributed by atoms with Gasteiger partial charge in [-0.2, -0.15) is 0 Å². The Bertz CT molecular complexity index is 606. The van der Waals surface area contributed by atoms with Crippen molar-refractivity contribution in [2.75, 3.05) is 31.1 Å². The number of nitrogens with zero attached hydrogens (tertiary/aromatic N) is 1. The van der Waals surface area contributed by atoms with Crippen LogP contribution in [-0.2, 0) is 6.42 Å². The van der Waals surface area contributed by atoms with Gasteiger partial charge in [-0.05, 0) is 37.1 Å². The number of rotatable bonds is 5. The van der Waals surface area contributed by atoms with Crippen molar-refractivity contribution in [3.05, 3.63) is 65.2 Å². The van der Waals surface area contributed by atoms with Crippen molar-refractivity contribution in [3.63, 3.8) is 0 Å². The summed E-state index contributed by atoms with van der Waals surface area (Å²) in [5, 5.41) is 0.827. The van der Waals surface area contributed by atoms with Gasteiger partial charge in [0.15, 0.2) is 0 Å². The normalized spacial score (nSPS) is 17.2. The summed E-state index contributed by atoms with van der Waals surface area (Å²) in [6.07, 6.45) is 2.44. The maximum absolute atomic E-state index is 6.11. The van der Waals surface area contributed by atoms with Crippen molar-refractivity contribution in [2.24, 2.45) is 0 Å². The zero-order valence-electron chi connectivity index (χ0n) is 13.8. The van der Waals surface area contributed by atoms with E-state index in [1.807, 2.05) is 12.1 Å². The number of aryl methyl sites for hydroxylation is 1. The van der Waals surface area contributed by atoms with E-state index in [0.717, 1.165) is 24.2 Å². The molecule has 0 saturated carbocycles. The van der Waals surface area contributed by atoms with E-state index in [1.165, 1.54) is 37.2 Å². The molecule has 122 valence electrons. The van der Waals surface area contributed by atoms with Crippen molar-refractivity contribution in [1.29, 1.82) is 0 Å². The van der Waals surface area contributed by atoms with Gasteiger partial charge < -0.3 is 9.80 Å². The van der Waals surface area contributed by atoms with E-state index >= 15 is 0 Å². The first-order valence-corrected chi connectivity index (χ1v) is 8.99. The molecule has 23 heavy (non-hydrogen) atoms. The highest BCUT2D eigenvalue weighted by Crippen LogP contribution is 2.19. The third kappa shape index (κ3) is 4.49. The van der Waals surface area contributed by atoms with Crippen LogP contribution < -0.4 is 9.80 Å². The topological polar surface area (TPSA) is 7.68 Å². The molecule has 1 heterocycles. The lowest BCUT2D eigenvalue weighted by atomic mass is 10.0. The first-order valence-electron chi connectivity index (χ1n) is 8.61. The Kier molecular flexibility index (Phi) is 5.58.